The number of aromatic nitrogens is 4. The van der Waals surface area contributed by atoms with E-state index < -0.39 is 0 Å². The maximum absolute atomic E-state index is 13.1. The molecule has 2 aromatic heterocycles. The number of para-hydroxylation sites is 1. The number of nitrogens with zero attached hydrogens (tertiary/aromatic N) is 6. The summed E-state index contributed by atoms with van der Waals surface area (Å²) in [6.07, 6.45) is 0. The molecule has 7 nitrogen and oxygen atoms in total. The van der Waals surface area contributed by atoms with E-state index in [-0.39, 0.29) is 5.91 Å². The fourth-order valence-electron chi connectivity index (χ4n) is 4.13. The summed E-state index contributed by atoms with van der Waals surface area (Å²) >= 11 is 9.22. The normalized spacial score (nSPS) is 13.9. The van der Waals surface area contributed by atoms with E-state index in [1.807, 2.05) is 47.5 Å². The second-order valence-electron chi connectivity index (χ2n) is 8.33. The summed E-state index contributed by atoms with van der Waals surface area (Å²) in [6.45, 7) is 6.89. The SMILES string of the molecule is Cc1ccccc1-n1c(C)nnc1SCc1nc(C(=O)N2CCN(c3cccc(Cl)c3)CC2)cs1. The number of halogens is 1. The molecule has 1 fully saturated rings. The van der Waals surface area contributed by atoms with Gasteiger partial charge in [-0.2, -0.15) is 0 Å². The lowest BCUT2D eigenvalue weighted by atomic mass is 10.2. The van der Waals surface area contributed by atoms with E-state index in [2.05, 4.69) is 49.8 Å². The highest BCUT2D eigenvalue weighted by Crippen LogP contribution is 2.28. The van der Waals surface area contributed by atoms with Crippen molar-refractivity contribution in [1.29, 1.82) is 0 Å². The number of carbonyl (C=O) groups is 1. The van der Waals surface area contributed by atoms with Gasteiger partial charge in [0.15, 0.2) is 5.16 Å². The Hall–Kier alpha value is -2.88. The molecule has 1 aliphatic heterocycles. The number of hydrogen-bond donors (Lipinski definition) is 0. The number of amides is 1. The summed E-state index contributed by atoms with van der Waals surface area (Å²) < 4.78 is 2.07. The van der Waals surface area contributed by atoms with Crippen molar-refractivity contribution in [2.75, 3.05) is 31.1 Å². The summed E-state index contributed by atoms with van der Waals surface area (Å²) in [6, 6.07) is 16.0. The molecule has 2 aromatic carbocycles. The Morgan fingerprint density at radius 3 is 2.63 bits per heavy atom. The highest BCUT2D eigenvalue weighted by Gasteiger charge is 2.24. The van der Waals surface area contributed by atoms with Gasteiger partial charge in [0.2, 0.25) is 0 Å². The van der Waals surface area contributed by atoms with Gasteiger partial charge in [-0.15, -0.1) is 21.5 Å². The van der Waals surface area contributed by atoms with Gasteiger partial charge in [-0.1, -0.05) is 47.6 Å². The summed E-state index contributed by atoms with van der Waals surface area (Å²) in [7, 11) is 0. The zero-order valence-electron chi connectivity index (χ0n) is 19.5. The fourth-order valence-corrected chi connectivity index (χ4v) is 6.09. The van der Waals surface area contributed by atoms with E-state index in [0.29, 0.717) is 24.5 Å². The molecule has 3 heterocycles. The van der Waals surface area contributed by atoms with Crippen molar-refractivity contribution in [2.24, 2.45) is 0 Å². The second kappa shape index (κ2) is 10.4. The average molecular weight is 525 g/mol. The number of hydrogen-bond acceptors (Lipinski definition) is 7. The Balaban J connectivity index is 1.21. The molecule has 0 radical (unpaired) electrons. The Labute approximate surface area is 217 Å². The van der Waals surface area contributed by atoms with Crippen molar-refractivity contribution in [3.8, 4) is 5.69 Å². The van der Waals surface area contributed by atoms with Gasteiger partial charge in [-0.25, -0.2) is 4.98 Å². The molecule has 1 aliphatic rings. The first-order chi connectivity index (χ1) is 17.0. The summed E-state index contributed by atoms with van der Waals surface area (Å²) in [4.78, 5) is 21.8. The van der Waals surface area contributed by atoms with Crippen molar-refractivity contribution in [3.05, 3.63) is 81.0 Å². The first kappa shape index (κ1) is 23.8. The molecule has 0 aliphatic carbocycles. The van der Waals surface area contributed by atoms with Crippen LogP contribution < -0.4 is 4.90 Å². The molecule has 0 bridgehead atoms. The van der Waals surface area contributed by atoms with Crippen LogP contribution in [-0.2, 0) is 5.75 Å². The zero-order chi connectivity index (χ0) is 24.4. The quantitative estimate of drug-likeness (QED) is 0.321. The van der Waals surface area contributed by atoms with Crippen LogP contribution in [0.15, 0.2) is 59.1 Å². The number of benzene rings is 2. The summed E-state index contributed by atoms with van der Waals surface area (Å²) in [5.41, 5.74) is 3.84. The Kier molecular flexibility index (Phi) is 7.08. The molecule has 35 heavy (non-hydrogen) atoms. The molecule has 0 unspecified atom stereocenters. The third kappa shape index (κ3) is 5.22. The second-order valence-corrected chi connectivity index (χ2v) is 10.6. The Morgan fingerprint density at radius 1 is 1.06 bits per heavy atom. The molecule has 1 amide bonds. The van der Waals surface area contributed by atoms with Crippen LogP contribution in [-0.4, -0.2) is 56.7 Å². The molecule has 5 rings (SSSR count). The first-order valence-electron chi connectivity index (χ1n) is 11.3. The predicted octanol–water partition coefficient (Wildman–Crippen LogP) is 5.25. The Morgan fingerprint density at radius 2 is 1.86 bits per heavy atom. The van der Waals surface area contributed by atoms with E-state index in [1.165, 1.54) is 11.3 Å². The van der Waals surface area contributed by atoms with Gasteiger partial charge in [0, 0.05) is 42.3 Å². The maximum atomic E-state index is 13.1. The van der Waals surface area contributed by atoms with Gasteiger partial charge in [-0.05, 0) is 43.7 Å². The van der Waals surface area contributed by atoms with E-state index >= 15 is 0 Å². The lowest BCUT2D eigenvalue weighted by Crippen LogP contribution is -2.48. The third-order valence-corrected chi connectivity index (χ3v) is 8.19. The molecule has 0 N–H and O–H groups in total. The van der Waals surface area contributed by atoms with E-state index in [4.69, 9.17) is 11.6 Å². The lowest BCUT2D eigenvalue weighted by molar-refractivity contribution is 0.0741. The van der Waals surface area contributed by atoms with Crippen molar-refractivity contribution in [2.45, 2.75) is 24.8 Å². The molecule has 180 valence electrons. The van der Waals surface area contributed by atoms with Crippen molar-refractivity contribution < 1.29 is 4.79 Å². The van der Waals surface area contributed by atoms with E-state index in [0.717, 1.165) is 51.0 Å². The van der Waals surface area contributed by atoms with Crippen molar-refractivity contribution >= 4 is 46.3 Å². The fraction of sp³-hybridized carbons (Fsp3) is 0.280. The Bertz CT molecular complexity index is 1350. The molecular formula is C25H25ClN6OS2. The van der Waals surface area contributed by atoms with Gasteiger partial charge in [-0.3, -0.25) is 9.36 Å². The lowest BCUT2D eigenvalue weighted by Gasteiger charge is -2.35. The van der Waals surface area contributed by atoms with Gasteiger partial charge in [0.25, 0.3) is 5.91 Å². The van der Waals surface area contributed by atoms with Crippen LogP contribution in [0.5, 0.6) is 0 Å². The van der Waals surface area contributed by atoms with Crippen LogP contribution in [0.2, 0.25) is 5.02 Å². The van der Waals surface area contributed by atoms with Crippen LogP contribution in [0.3, 0.4) is 0 Å². The topological polar surface area (TPSA) is 67.2 Å². The van der Waals surface area contributed by atoms with E-state index in [9.17, 15) is 4.79 Å². The van der Waals surface area contributed by atoms with Crippen LogP contribution in [0.4, 0.5) is 5.69 Å². The van der Waals surface area contributed by atoms with Gasteiger partial charge in [0.05, 0.1) is 11.4 Å². The monoisotopic (exact) mass is 524 g/mol. The van der Waals surface area contributed by atoms with Crippen molar-refractivity contribution in [3.63, 3.8) is 0 Å². The molecule has 10 heteroatoms. The summed E-state index contributed by atoms with van der Waals surface area (Å²) in [5, 5.41) is 12.9. The standard InChI is InChI=1S/C25H25ClN6OS2/c1-17-6-3-4-9-22(17)32-18(2)28-29-25(32)35-16-23-27-21(15-34-23)24(33)31-12-10-30(11-13-31)20-8-5-7-19(26)14-20/h3-9,14-15H,10-13,16H2,1-2H3. The molecule has 1 saturated heterocycles. The highest BCUT2D eigenvalue weighted by molar-refractivity contribution is 7.98. The minimum Gasteiger partial charge on any atom is -0.368 e. The van der Waals surface area contributed by atoms with Crippen molar-refractivity contribution in [1.82, 2.24) is 24.6 Å². The number of anilines is 1. The molecular weight excluding hydrogens is 500 g/mol. The highest BCUT2D eigenvalue weighted by atomic mass is 35.5. The van der Waals surface area contributed by atoms with Gasteiger partial charge >= 0.3 is 0 Å². The van der Waals surface area contributed by atoms with Gasteiger partial charge in [0.1, 0.15) is 16.5 Å². The third-order valence-electron chi connectivity index (χ3n) is 5.99. The number of rotatable bonds is 6. The minimum atomic E-state index is -0.0119. The van der Waals surface area contributed by atoms with Crippen LogP contribution >= 0.6 is 34.7 Å². The van der Waals surface area contributed by atoms with Crippen LogP contribution in [0.1, 0.15) is 26.9 Å². The van der Waals surface area contributed by atoms with Crippen LogP contribution in [0, 0.1) is 13.8 Å². The van der Waals surface area contributed by atoms with E-state index in [1.54, 1.807) is 11.8 Å². The number of carbonyl (C=O) groups excluding carboxylic acids is 1. The predicted molar refractivity (Wildman–Crippen MR) is 142 cm³/mol. The molecule has 0 spiro atoms. The maximum Gasteiger partial charge on any atom is 0.273 e. The molecule has 0 atom stereocenters. The number of thioether (sulfide) groups is 1. The van der Waals surface area contributed by atoms with Crippen LogP contribution in [0.25, 0.3) is 5.69 Å². The number of piperazine rings is 1. The average Bonchev–Trinajstić information content (AvgIpc) is 3.49. The first-order valence-corrected chi connectivity index (χ1v) is 13.6. The minimum absolute atomic E-state index is 0.0119. The largest absolute Gasteiger partial charge is 0.368 e. The number of aryl methyl sites for hydroxylation is 2. The van der Waals surface area contributed by atoms with Gasteiger partial charge < -0.3 is 9.80 Å². The molecule has 4 aromatic rings. The zero-order valence-corrected chi connectivity index (χ0v) is 21.9. The smallest absolute Gasteiger partial charge is 0.273 e. The summed E-state index contributed by atoms with van der Waals surface area (Å²) in [5.74, 6) is 1.46. The molecule has 0 saturated carbocycles. The number of thiazole rings is 1.